The first-order chi connectivity index (χ1) is 36.6. The summed E-state index contributed by atoms with van der Waals surface area (Å²) in [6, 6.07) is 49.1. The molecule has 4 aromatic heterocycles. The second kappa shape index (κ2) is 13.5. The third-order valence-electron chi connectivity index (χ3n) is 19.7. The Balaban J connectivity index is 1.10. The van der Waals surface area contributed by atoms with Crippen molar-refractivity contribution < 1.29 is 0 Å². The summed E-state index contributed by atoms with van der Waals surface area (Å²) >= 11 is 0. The first-order valence-electron chi connectivity index (χ1n) is 27.3. The van der Waals surface area contributed by atoms with Crippen molar-refractivity contribution in [3.63, 3.8) is 0 Å². The van der Waals surface area contributed by atoms with Gasteiger partial charge in [0.2, 0.25) is 0 Å². The van der Waals surface area contributed by atoms with Gasteiger partial charge in [-0.05, 0) is 163 Å². The summed E-state index contributed by atoms with van der Waals surface area (Å²) in [5.74, 6) is -0.0437. The van der Waals surface area contributed by atoms with E-state index >= 15 is 0 Å². The molecular formula is C72H54N4. The topological polar surface area (TPSA) is 37.0 Å². The summed E-state index contributed by atoms with van der Waals surface area (Å²) in [5, 5.41) is 22.0. The van der Waals surface area contributed by atoms with E-state index in [0.717, 1.165) is 33.4 Å². The fourth-order valence-electron chi connectivity index (χ4n) is 16.7. The Labute approximate surface area is 441 Å². The standard InChI is InChI=1S/C72H54N4/c1-33-51(32-73)58-54-39-20-12-14-22-41(39)55(42-23-15-13-21-40(42)54)61(58)59-49-30-37(71(5,6)7)28-47-52-34(2)53-48-29-38(72(8,9)10)31-50-60-62-56-43-24-16-18-26-45(43)57(46-27-19-17-25-44(46)56)63(62)64(74-11)35(3)66(60)76(70(48)50)68(53)36(4)67(52)75(65(33)59)69(47)49/h12-31,54-57H,1-10H3. The predicted octanol–water partition coefficient (Wildman–Crippen LogP) is 18.2. The fraction of sp³-hybridized carbons (Fsp3) is 0.222. The lowest BCUT2D eigenvalue weighted by Crippen LogP contribution is -2.29. The zero-order valence-electron chi connectivity index (χ0n) is 44.6. The van der Waals surface area contributed by atoms with Crippen LogP contribution < -0.4 is 0 Å². The third kappa shape index (κ3) is 4.61. The highest BCUT2D eigenvalue weighted by Gasteiger charge is 2.47. The van der Waals surface area contributed by atoms with Crippen LogP contribution in [0.1, 0.15) is 171 Å². The largest absolute Gasteiger partial charge is 0.309 e. The van der Waals surface area contributed by atoms with Crippen LogP contribution in [0.2, 0.25) is 0 Å². The van der Waals surface area contributed by atoms with E-state index in [-0.39, 0.29) is 34.5 Å². The molecule has 6 aliphatic rings. The average molecular weight is 975 g/mol. The molecule has 0 amide bonds. The molecule has 0 saturated heterocycles. The zero-order chi connectivity index (χ0) is 51.7. The van der Waals surface area contributed by atoms with Gasteiger partial charge in [0.1, 0.15) is 0 Å². The van der Waals surface area contributed by atoms with Crippen molar-refractivity contribution in [3.8, 4) is 6.07 Å². The lowest BCUT2D eigenvalue weighted by Gasteiger charge is -2.43. The summed E-state index contributed by atoms with van der Waals surface area (Å²) < 4.78 is 5.25. The Morgan fingerprint density at radius 2 is 0.724 bits per heavy atom. The Kier molecular flexibility index (Phi) is 7.62. The maximum Gasteiger partial charge on any atom is 0.196 e. The van der Waals surface area contributed by atoms with Crippen LogP contribution in [0.15, 0.2) is 121 Å². The SMILES string of the molecule is [C-]#[N+]c1c2c(c3c4cc(C(C)(C)C)cc5c6c(C)c7c8cc(C(C)(C)C)cc9c%10c%11c(c(C#N)c(C)c%10n(c7c(C)c6n(c3c1C)c45)c98)C1c3ccccc3C%11c3ccccc31)C1c3ccccc3C2c2ccccc21. The Morgan fingerprint density at radius 1 is 0.408 bits per heavy atom. The molecule has 4 nitrogen and oxygen atoms in total. The third-order valence-corrected chi connectivity index (χ3v) is 19.7. The number of rotatable bonds is 0. The molecule has 4 heterocycles. The summed E-state index contributed by atoms with van der Waals surface area (Å²) in [4.78, 5) is 4.59. The van der Waals surface area contributed by atoms with Crippen LogP contribution in [0.4, 0.5) is 5.69 Å². The molecule has 0 spiro atoms. The van der Waals surface area contributed by atoms with Crippen molar-refractivity contribution in [2.24, 2.45) is 0 Å². The Morgan fingerprint density at radius 3 is 1.08 bits per heavy atom. The predicted molar refractivity (Wildman–Crippen MR) is 313 cm³/mol. The number of benzene rings is 9. The minimum absolute atomic E-state index is 0.00186. The van der Waals surface area contributed by atoms with Gasteiger partial charge in [0.25, 0.3) is 0 Å². The van der Waals surface area contributed by atoms with E-state index in [2.05, 4.69) is 210 Å². The quantitative estimate of drug-likeness (QED) is 0.140. The van der Waals surface area contributed by atoms with Crippen LogP contribution in [-0.4, -0.2) is 8.80 Å². The van der Waals surface area contributed by atoms with Gasteiger partial charge in [-0.2, -0.15) is 5.26 Å². The van der Waals surface area contributed by atoms with Gasteiger partial charge in [-0.15, -0.1) is 0 Å². The van der Waals surface area contributed by atoms with Crippen LogP contribution in [0, 0.1) is 45.6 Å². The minimum atomic E-state index is -0.135. The summed E-state index contributed by atoms with van der Waals surface area (Å²) in [7, 11) is 0. The number of hydrogen-bond donors (Lipinski definition) is 0. The van der Waals surface area contributed by atoms with Crippen molar-refractivity contribution in [3.05, 3.63) is 238 Å². The molecule has 0 atom stereocenters. The Hall–Kier alpha value is -8.44. The van der Waals surface area contributed by atoms with Gasteiger partial charge in [-0.3, -0.25) is 0 Å². The van der Waals surface area contributed by atoms with Gasteiger partial charge in [0.15, 0.2) is 5.69 Å². The molecule has 0 radical (unpaired) electrons. The molecule has 76 heavy (non-hydrogen) atoms. The van der Waals surface area contributed by atoms with Crippen LogP contribution in [-0.2, 0) is 10.8 Å². The van der Waals surface area contributed by atoms with Crippen LogP contribution >= 0.6 is 0 Å². The van der Waals surface area contributed by atoms with E-state index in [4.69, 9.17) is 6.57 Å². The molecule has 362 valence electrons. The molecule has 6 aliphatic carbocycles. The van der Waals surface area contributed by atoms with E-state index in [1.807, 2.05) is 0 Å². The maximum absolute atomic E-state index is 11.6. The smallest absolute Gasteiger partial charge is 0.196 e. The van der Waals surface area contributed by atoms with E-state index in [0.29, 0.717) is 0 Å². The molecule has 4 bridgehead atoms. The van der Waals surface area contributed by atoms with Crippen molar-refractivity contribution in [1.82, 2.24) is 8.80 Å². The number of nitriles is 1. The molecule has 0 aliphatic heterocycles. The summed E-state index contributed by atoms with van der Waals surface area (Å²) in [6.07, 6.45) is 0. The lowest BCUT2D eigenvalue weighted by molar-refractivity contribution is 0.591. The van der Waals surface area contributed by atoms with Crippen molar-refractivity contribution >= 4 is 81.9 Å². The first-order valence-corrected chi connectivity index (χ1v) is 27.3. The van der Waals surface area contributed by atoms with Gasteiger partial charge < -0.3 is 8.80 Å². The second-order valence-corrected chi connectivity index (χ2v) is 25.3. The van der Waals surface area contributed by atoms with Crippen LogP contribution in [0.5, 0.6) is 0 Å². The number of fused-ring (bicyclic) bond motifs is 12. The molecular weight excluding hydrogens is 921 g/mol. The van der Waals surface area contributed by atoms with Gasteiger partial charge in [-0.1, -0.05) is 139 Å². The van der Waals surface area contributed by atoms with Gasteiger partial charge in [0.05, 0.1) is 45.8 Å². The number of nitrogens with zero attached hydrogens (tertiary/aromatic N) is 4. The highest BCUT2D eigenvalue weighted by Crippen LogP contribution is 2.64. The highest BCUT2D eigenvalue weighted by atomic mass is 15.0. The fourth-order valence-corrected chi connectivity index (χ4v) is 16.7. The van der Waals surface area contributed by atoms with Crippen molar-refractivity contribution in [2.75, 3.05) is 0 Å². The lowest BCUT2D eigenvalue weighted by atomic mass is 9.59. The average Bonchev–Trinajstić information content (AvgIpc) is 3.73. The molecule has 9 aromatic carbocycles. The van der Waals surface area contributed by atoms with Crippen LogP contribution in [0.3, 0.4) is 0 Å². The number of hydrogen-bond acceptors (Lipinski definition) is 1. The molecule has 4 heteroatoms. The molecule has 0 fully saturated rings. The normalized spacial score (nSPS) is 18.1. The number of aromatic nitrogens is 2. The second-order valence-electron chi connectivity index (χ2n) is 25.3. The monoisotopic (exact) mass is 974 g/mol. The minimum Gasteiger partial charge on any atom is -0.309 e. The number of aryl methyl sites for hydroxylation is 4. The van der Waals surface area contributed by atoms with Gasteiger partial charge >= 0.3 is 0 Å². The molecule has 0 unspecified atom stereocenters. The molecule has 0 N–H and O–H groups in total. The molecule has 0 saturated carbocycles. The summed E-state index contributed by atoms with van der Waals surface area (Å²) in [5.41, 5.74) is 31.6. The maximum atomic E-state index is 11.6. The Bertz CT molecular complexity index is 4630. The van der Waals surface area contributed by atoms with Gasteiger partial charge in [-0.25, -0.2) is 4.85 Å². The first kappa shape index (κ1) is 42.9. The van der Waals surface area contributed by atoms with Crippen molar-refractivity contribution in [2.45, 2.75) is 104 Å². The summed E-state index contributed by atoms with van der Waals surface area (Å²) in [6.45, 7) is 32.5. The molecule has 19 rings (SSSR count). The van der Waals surface area contributed by atoms with E-state index in [9.17, 15) is 5.26 Å². The van der Waals surface area contributed by atoms with E-state index < -0.39 is 0 Å². The van der Waals surface area contributed by atoms with Gasteiger partial charge in [0, 0.05) is 72.3 Å². The van der Waals surface area contributed by atoms with E-state index in [1.165, 1.54) is 154 Å². The highest BCUT2D eigenvalue weighted by molar-refractivity contribution is 6.33. The molecule has 13 aromatic rings. The van der Waals surface area contributed by atoms with Crippen molar-refractivity contribution in [1.29, 1.82) is 5.26 Å². The zero-order valence-corrected chi connectivity index (χ0v) is 44.6. The van der Waals surface area contributed by atoms with Crippen LogP contribution in [0.25, 0.3) is 81.0 Å². The van der Waals surface area contributed by atoms with E-state index in [1.54, 1.807) is 0 Å².